The van der Waals surface area contributed by atoms with Crippen LogP contribution in [0.15, 0.2) is 51.8 Å². The maximum Gasteiger partial charge on any atom is 0.243 e. The van der Waals surface area contributed by atoms with Gasteiger partial charge in [-0.25, -0.2) is 8.42 Å². The van der Waals surface area contributed by atoms with Gasteiger partial charge in [-0.05, 0) is 42.0 Å². The molecule has 8 nitrogen and oxygen atoms in total. The Labute approximate surface area is 172 Å². The first-order valence-corrected chi connectivity index (χ1v) is 10.4. The van der Waals surface area contributed by atoms with E-state index in [1.807, 2.05) is 0 Å². The van der Waals surface area contributed by atoms with Gasteiger partial charge >= 0.3 is 0 Å². The lowest BCUT2D eigenvalue weighted by Crippen LogP contribution is -2.34. The Kier molecular flexibility index (Phi) is 7.81. The Morgan fingerprint density at radius 2 is 1.75 bits per heavy atom. The summed E-state index contributed by atoms with van der Waals surface area (Å²) >= 11 is 3.27. The number of carbonyl (C=O) groups excluding carboxylic acids is 1. The largest absolute Gasteiger partial charge is 0.759 e. The smallest absolute Gasteiger partial charge is 0.243 e. The summed E-state index contributed by atoms with van der Waals surface area (Å²) < 4.78 is 38.5. The minimum absolute atomic E-state index is 0.00904. The van der Waals surface area contributed by atoms with Crippen LogP contribution in [0, 0.1) is 5.21 Å². The number of hydroxylamine groups is 1. The molecule has 0 atom stereocenters. The van der Waals surface area contributed by atoms with E-state index in [-0.39, 0.29) is 24.4 Å². The number of halogens is 1. The number of hydrogen-bond acceptors (Lipinski definition) is 6. The number of sulfonamides is 1. The molecule has 0 saturated carbocycles. The molecular weight excluding hydrogens is 452 g/mol. The first-order chi connectivity index (χ1) is 13.3. The van der Waals surface area contributed by atoms with E-state index in [1.165, 1.54) is 31.8 Å². The van der Waals surface area contributed by atoms with E-state index < -0.39 is 15.9 Å². The van der Waals surface area contributed by atoms with Crippen molar-refractivity contribution in [1.29, 1.82) is 0 Å². The van der Waals surface area contributed by atoms with Crippen LogP contribution in [-0.4, -0.2) is 39.4 Å². The molecule has 0 saturated heterocycles. The van der Waals surface area contributed by atoms with E-state index in [0.29, 0.717) is 17.1 Å². The van der Waals surface area contributed by atoms with Crippen molar-refractivity contribution in [3.8, 4) is 11.5 Å². The fourth-order valence-corrected chi connectivity index (χ4v) is 4.19. The van der Waals surface area contributed by atoms with E-state index in [4.69, 9.17) is 9.47 Å². The summed E-state index contributed by atoms with van der Waals surface area (Å²) in [5, 5.41) is 10.5. The molecule has 152 valence electrons. The van der Waals surface area contributed by atoms with Crippen molar-refractivity contribution < 1.29 is 22.7 Å². The van der Waals surface area contributed by atoms with Crippen LogP contribution < -0.4 is 15.0 Å². The number of benzene rings is 2. The van der Waals surface area contributed by atoms with Crippen molar-refractivity contribution in [2.24, 2.45) is 0 Å². The molecule has 0 heterocycles. The molecule has 0 radical (unpaired) electrons. The van der Waals surface area contributed by atoms with Gasteiger partial charge in [0.1, 0.15) is 0 Å². The molecule has 0 spiro atoms. The Morgan fingerprint density at radius 3 is 2.32 bits per heavy atom. The predicted molar refractivity (Wildman–Crippen MR) is 107 cm³/mol. The summed E-state index contributed by atoms with van der Waals surface area (Å²) in [4.78, 5) is 11.5. The van der Waals surface area contributed by atoms with E-state index in [2.05, 4.69) is 15.9 Å². The van der Waals surface area contributed by atoms with Gasteiger partial charge in [0.15, 0.2) is 11.5 Å². The number of carbonyl (C=O) groups is 1. The van der Waals surface area contributed by atoms with Crippen LogP contribution in [0.5, 0.6) is 11.5 Å². The number of nitrogens with one attached hydrogen (secondary N) is 1. The summed E-state index contributed by atoms with van der Waals surface area (Å²) in [6, 6.07) is 11.2. The zero-order chi connectivity index (χ0) is 20.7. The number of nitrogens with zero attached hydrogens (tertiary/aromatic N) is 1. The van der Waals surface area contributed by atoms with Crippen LogP contribution in [0.1, 0.15) is 12.0 Å². The molecule has 0 aliphatic heterocycles. The zero-order valence-corrected chi connectivity index (χ0v) is 17.7. The Balaban J connectivity index is 2.36. The third-order valence-corrected chi connectivity index (χ3v) is 6.35. The maximum atomic E-state index is 13.1. The van der Waals surface area contributed by atoms with Gasteiger partial charge in [0.2, 0.25) is 15.9 Å². The molecule has 1 amide bonds. The second-order valence-electron chi connectivity index (χ2n) is 5.76. The van der Waals surface area contributed by atoms with Gasteiger partial charge in [-0.15, -0.1) is 0 Å². The molecule has 2 aromatic carbocycles. The van der Waals surface area contributed by atoms with Crippen molar-refractivity contribution in [3.05, 3.63) is 57.7 Å². The van der Waals surface area contributed by atoms with Crippen molar-refractivity contribution in [2.45, 2.75) is 17.9 Å². The standard InChI is InChI=1S/C18H20BrN2O6S/c1-26-16-8-3-13(11-17(16)27-2)12-21(10-9-18(22)20-23)28(24,25)15-6-4-14(19)5-7-15/h3-8,11H,9-10,12H2,1-2H3,(H-,20,22,23)/q-1. The number of ether oxygens (including phenoxy) is 2. The minimum Gasteiger partial charge on any atom is -0.759 e. The molecule has 0 aromatic heterocycles. The Hall–Kier alpha value is -2.14. The van der Waals surface area contributed by atoms with Gasteiger partial charge < -0.3 is 20.2 Å². The van der Waals surface area contributed by atoms with Crippen molar-refractivity contribution in [2.75, 3.05) is 20.8 Å². The topological polar surface area (TPSA) is 108 Å². The summed E-state index contributed by atoms with van der Waals surface area (Å²) in [5.74, 6) is 0.181. The molecule has 0 bridgehead atoms. The van der Waals surface area contributed by atoms with Crippen LogP contribution in [0.3, 0.4) is 0 Å². The normalized spacial score (nSPS) is 11.3. The second kappa shape index (κ2) is 9.87. The highest BCUT2D eigenvalue weighted by molar-refractivity contribution is 9.10. The predicted octanol–water partition coefficient (Wildman–Crippen LogP) is 2.66. The number of amides is 1. The van der Waals surface area contributed by atoms with Crippen LogP contribution in [0.25, 0.3) is 0 Å². The second-order valence-corrected chi connectivity index (χ2v) is 8.61. The van der Waals surface area contributed by atoms with E-state index >= 15 is 0 Å². The quantitative estimate of drug-likeness (QED) is 0.563. The van der Waals surface area contributed by atoms with Gasteiger partial charge in [-0.3, -0.25) is 4.79 Å². The molecule has 0 unspecified atom stereocenters. The van der Waals surface area contributed by atoms with Crippen molar-refractivity contribution in [1.82, 2.24) is 9.79 Å². The molecular formula is C18H20BrN2O6S-. The Morgan fingerprint density at radius 1 is 1.11 bits per heavy atom. The van der Waals surface area contributed by atoms with E-state index in [1.54, 1.807) is 30.3 Å². The number of methoxy groups -OCH3 is 2. The molecule has 1 N–H and O–H groups in total. The Bertz CT molecular complexity index is 918. The minimum atomic E-state index is -3.90. The molecule has 2 rings (SSSR count). The summed E-state index contributed by atoms with van der Waals surface area (Å²) in [6.07, 6.45) is -0.257. The summed E-state index contributed by atoms with van der Waals surface area (Å²) in [5.41, 5.74) is 1.90. The lowest BCUT2D eigenvalue weighted by molar-refractivity contribution is -0.120. The van der Waals surface area contributed by atoms with Crippen LogP contribution in [0.4, 0.5) is 0 Å². The maximum absolute atomic E-state index is 13.1. The third-order valence-electron chi connectivity index (χ3n) is 3.96. The van der Waals surface area contributed by atoms with Crippen molar-refractivity contribution >= 4 is 31.9 Å². The summed E-state index contributed by atoms with van der Waals surface area (Å²) in [6.45, 7) is -0.161. The van der Waals surface area contributed by atoms with E-state index in [9.17, 15) is 18.4 Å². The highest BCUT2D eigenvalue weighted by Crippen LogP contribution is 2.29. The molecule has 2 aromatic rings. The van der Waals surface area contributed by atoms with Gasteiger partial charge in [0.25, 0.3) is 0 Å². The fraction of sp³-hybridized carbons (Fsp3) is 0.278. The molecule has 0 aliphatic carbocycles. The molecule has 0 fully saturated rings. The highest BCUT2D eigenvalue weighted by atomic mass is 79.9. The van der Waals surface area contributed by atoms with Gasteiger partial charge in [-0.2, -0.15) is 4.31 Å². The molecule has 10 heteroatoms. The average Bonchev–Trinajstić information content (AvgIpc) is 2.70. The first kappa shape index (κ1) is 22.2. The third kappa shape index (κ3) is 5.44. The van der Waals surface area contributed by atoms with Crippen molar-refractivity contribution in [3.63, 3.8) is 0 Å². The highest BCUT2D eigenvalue weighted by Gasteiger charge is 2.25. The van der Waals surface area contributed by atoms with Gasteiger partial charge in [-0.1, -0.05) is 22.0 Å². The SMILES string of the molecule is COc1ccc(CN(CCC(=O)N[O-])S(=O)(=O)c2ccc(Br)cc2)cc1OC. The van der Waals surface area contributed by atoms with Crippen LogP contribution in [0.2, 0.25) is 0 Å². The molecule has 0 aliphatic rings. The zero-order valence-electron chi connectivity index (χ0n) is 15.3. The number of hydrogen-bond donors (Lipinski definition) is 1. The van der Waals surface area contributed by atoms with E-state index in [0.717, 1.165) is 8.78 Å². The lowest BCUT2D eigenvalue weighted by Gasteiger charge is -2.23. The molecule has 28 heavy (non-hydrogen) atoms. The van der Waals surface area contributed by atoms with Gasteiger partial charge in [0.05, 0.1) is 19.1 Å². The van der Waals surface area contributed by atoms with Crippen LogP contribution >= 0.6 is 15.9 Å². The fourth-order valence-electron chi connectivity index (χ4n) is 2.50. The monoisotopic (exact) mass is 471 g/mol. The number of rotatable bonds is 9. The van der Waals surface area contributed by atoms with Crippen LogP contribution in [-0.2, 0) is 21.4 Å². The lowest BCUT2D eigenvalue weighted by atomic mass is 10.2. The summed E-state index contributed by atoms with van der Waals surface area (Å²) in [7, 11) is -0.911. The van der Waals surface area contributed by atoms with Gasteiger partial charge in [0, 0.05) is 24.0 Å². The first-order valence-electron chi connectivity index (χ1n) is 8.19. The average molecular weight is 472 g/mol.